The summed E-state index contributed by atoms with van der Waals surface area (Å²) >= 11 is 0. The van der Waals surface area contributed by atoms with Crippen LogP contribution < -0.4 is 15.8 Å². The van der Waals surface area contributed by atoms with Gasteiger partial charge in [0.05, 0.1) is 25.0 Å². The van der Waals surface area contributed by atoms with Gasteiger partial charge in [-0.2, -0.15) is 0 Å². The van der Waals surface area contributed by atoms with E-state index in [2.05, 4.69) is 17.4 Å². The van der Waals surface area contributed by atoms with E-state index in [9.17, 15) is 34.5 Å². The van der Waals surface area contributed by atoms with E-state index in [4.69, 9.17) is 10.5 Å². The zero-order valence-corrected chi connectivity index (χ0v) is 25.1. The second kappa shape index (κ2) is 13.3. The van der Waals surface area contributed by atoms with Gasteiger partial charge in [0.1, 0.15) is 11.5 Å². The quantitative estimate of drug-likeness (QED) is 0.152. The predicted octanol–water partition coefficient (Wildman–Crippen LogP) is 2.52. The molecule has 5 rings (SSSR count). The molecule has 45 heavy (non-hydrogen) atoms. The molecule has 0 bridgehead atoms. The third kappa shape index (κ3) is 6.13. The summed E-state index contributed by atoms with van der Waals surface area (Å²) in [4.78, 5) is 52.3. The summed E-state index contributed by atoms with van der Waals surface area (Å²) in [5.41, 5.74) is 6.62. The van der Waals surface area contributed by atoms with E-state index in [0.29, 0.717) is 29.0 Å². The second-order valence-electron chi connectivity index (χ2n) is 11.9. The number of nitrogens with one attached hydrogen (secondary N) is 1. The number of primary amides is 1. The molecule has 0 saturated heterocycles. The van der Waals surface area contributed by atoms with Crippen LogP contribution in [0.1, 0.15) is 46.3 Å². The number of aromatic hydroxyl groups is 1. The van der Waals surface area contributed by atoms with Crippen LogP contribution in [0.15, 0.2) is 60.7 Å². The molecule has 0 aromatic heterocycles. The van der Waals surface area contributed by atoms with Crippen LogP contribution >= 0.6 is 0 Å². The number of phenols is 1. The number of fused-ring (bicyclic) bond motifs is 2. The number of ether oxygens (including phenoxy) is 1. The first-order valence-electron chi connectivity index (χ1n) is 15.1. The minimum atomic E-state index is -2.65. The maximum atomic E-state index is 14.0. The third-order valence-corrected chi connectivity index (χ3v) is 9.15. The average Bonchev–Trinajstić information content (AvgIpc) is 3.02. The highest BCUT2D eigenvalue weighted by atomic mass is 16.5. The number of phenolic OH excluding ortho intramolecular Hbond substituents is 1. The molecule has 10 heteroatoms. The summed E-state index contributed by atoms with van der Waals surface area (Å²) in [6, 6.07) is 19.1. The largest absolute Gasteiger partial charge is 0.507 e. The predicted molar refractivity (Wildman–Crippen MR) is 166 cm³/mol. The van der Waals surface area contributed by atoms with Gasteiger partial charge in [-0.3, -0.25) is 19.2 Å². The molecule has 0 aliphatic heterocycles. The van der Waals surface area contributed by atoms with E-state index in [-0.39, 0.29) is 30.6 Å². The molecule has 6 N–H and O–H groups in total. The lowest BCUT2D eigenvalue weighted by Crippen LogP contribution is -2.63. The van der Waals surface area contributed by atoms with E-state index in [1.165, 1.54) is 11.6 Å². The van der Waals surface area contributed by atoms with Gasteiger partial charge in [-0.15, -0.1) is 0 Å². The zero-order chi connectivity index (χ0) is 32.3. The highest BCUT2D eigenvalue weighted by molar-refractivity contribution is 6.24. The van der Waals surface area contributed by atoms with E-state index < -0.39 is 59.6 Å². The number of aliphatic hydroxyl groups excluding tert-OH is 1. The van der Waals surface area contributed by atoms with Crippen LogP contribution in [0.25, 0.3) is 11.1 Å². The van der Waals surface area contributed by atoms with E-state index in [1.54, 1.807) is 13.2 Å². The lowest BCUT2D eigenvalue weighted by Gasteiger charge is -2.46. The molecule has 0 heterocycles. The van der Waals surface area contributed by atoms with Crippen molar-refractivity contribution in [3.05, 3.63) is 82.9 Å². The lowest BCUT2D eigenvalue weighted by molar-refractivity contribution is -0.167. The monoisotopic (exact) mass is 614 g/mol. The number of aliphatic hydroxyl groups is 2. The zero-order valence-electron chi connectivity index (χ0n) is 25.1. The Labute approximate surface area is 261 Å². The van der Waals surface area contributed by atoms with Gasteiger partial charge in [0.2, 0.25) is 5.91 Å². The topological polar surface area (TPSA) is 176 Å². The molecule has 1 saturated carbocycles. The molecule has 2 aliphatic carbocycles. The van der Waals surface area contributed by atoms with Gasteiger partial charge in [0.25, 0.3) is 0 Å². The Bertz CT molecular complexity index is 1620. The Morgan fingerprint density at radius 1 is 1.04 bits per heavy atom. The van der Waals surface area contributed by atoms with E-state index in [1.807, 2.05) is 36.4 Å². The number of carbonyl (C=O) groups excluding carboxylic acids is 4. The Morgan fingerprint density at radius 2 is 1.80 bits per heavy atom. The van der Waals surface area contributed by atoms with Crippen molar-refractivity contribution in [2.24, 2.45) is 23.5 Å². The average molecular weight is 615 g/mol. The van der Waals surface area contributed by atoms with Crippen molar-refractivity contribution < 1.29 is 39.2 Å². The van der Waals surface area contributed by atoms with Crippen molar-refractivity contribution in [3.8, 4) is 22.6 Å². The van der Waals surface area contributed by atoms with Crippen LogP contribution in [0.4, 0.5) is 0 Å². The Kier molecular flexibility index (Phi) is 9.48. The molecule has 1 unspecified atom stereocenters. The first-order valence-corrected chi connectivity index (χ1v) is 15.1. The number of rotatable bonds is 12. The molecule has 2 aliphatic rings. The van der Waals surface area contributed by atoms with Gasteiger partial charge < -0.3 is 31.1 Å². The molecule has 1 fully saturated rings. The number of methoxy groups -OCH3 is 1. The van der Waals surface area contributed by atoms with Crippen LogP contribution in [0.5, 0.6) is 11.5 Å². The number of hydrogen-bond acceptors (Lipinski definition) is 9. The number of benzene rings is 3. The molecule has 4 atom stereocenters. The molecular weight excluding hydrogens is 576 g/mol. The maximum Gasteiger partial charge on any atom is 0.225 e. The highest BCUT2D eigenvalue weighted by Crippen LogP contribution is 2.50. The summed E-state index contributed by atoms with van der Waals surface area (Å²) in [6.45, 7) is 0.944. The van der Waals surface area contributed by atoms with Crippen molar-refractivity contribution in [2.45, 2.75) is 44.2 Å². The molecule has 3 aromatic carbocycles. The molecule has 0 radical (unpaired) electrons. The fourth-order valence-electron chi connectivity index (χ4n) is 6.98. The maximum absolute atomic E-state index is 14.0. The first kappa shape index (κ1) is 32.0. The summed E-state index contributed by atoms with van der Waals surface area (Å²) in [5.74, 6) is -6.60. The fraction of sp³-hybridized carbons (Fsp3) is 0.371. The van der Waals surface area contributed by atoms with Crippen molar-refractivity contribution in [1.29, 1.82) is 0 Å². The third-order valence-electron chi connectivity index (χ3n) is 9.15. The van der Waals surface area contributed by atoms with E-state index in [0.717, 1.165) is 18.5 Å². The minimum absolute atomic E-state index is 0.0409. The number of ketones is 3. The minimum Gasteiger partial charge on any atom is -0.507 e. The Balaban J connectivity index is 1.48. The Morgan fingerprint density at radius 3 is 2.49 bits per heavy atom. The lowest BCUT2D eigenvalue weighted by atomic mass is 9.57. The van der Waals surface area contributed by atoms with Gasteiger partial charge in [-0.25, -0.2) is 0 Å². The molecule has 1 amide bonds. The smallest absolute Gasteiger partial charge is 0.225 e. The number of nitrogens with two attached hydrogens (primary N) is 1. The van der Waals surface area contributed by atoms with Crippen LogP contribution in [0.2, 0.25) is 0 Å². The number of amides is 1. The highest BCUT2D eigenvalue weighted by Gasteiger charge is 2.60. The Hall–Kier alpha value is -4.38. The number of hydrogen-bond donors (Lipinski definition) is 5. The molecule has 236 valence electrons. The SMILES string of the molecule is COc1ccc(CNCCc2ccccc2)cc1-c1ccc(O)c2c1C[C@H]1C[C@@H](CCO)[C@@](O)(C(=O)CC(N)=O)C(=O)C1C2=O. The summed E-state index contributed by atoms with van der Waals surface area (Å²) in [5, 5.41) is 35.5. The number of carbonyl (C=O) groups is 4. The molecule has 3 aromatic rings. The molecule has 10 nitrogen and oxygen atoms in total. The van der Waals surface area contributed by atoms with Crippen molar-refractivity contribution >= 4 is 23.3 Å². The molecular formula is C35H38N2O8. The van der Waals surface area contributed by atoms with Gasteiger partial charge in [0, 0.05) is 24.6 Å². The van der Waals surface area contributed by atoms with Crippen molar-refractivity contribution in [3.63, 3.8) is 0 Å². The van der Waals surface area contributed by atoms with Crippen LogP contribution in [0.3, 0.4) is 0 Å². The summed E-state index contributed by atoms with van der Waals surface area (Å²) < 4.78 is 5.69. The number of Topliss-reactive ketones (excluding diaryl/α,β-unsaturated/α-hetero) is 3. The second-order valence-corrected chi connectivity index (χ2v) is 11.9. The van der Waals surface area contributed by atoms with Crippen molar-refractivity contribution in [2.75, 3.05) is 20.3 Å². The standard InChI is InChI=1S/C35H38N2O8/c1-45-28-10-7-21(19-37-13-11-20-5-3-2-4-6-20)15-25(28)24-8-9-27(39)32-26(24)17-22-16-23(12-14-38)35(44,29(40)18-30(36)41)34(43)31(22)33(32)42/h2-10,15,22-23,31,37-39,44H,11-14,16-19H2,1H3,(H2,36,41)/t22-,23-,31?,35-/m1/s1. The van der Waals surface area contributed by atoms with Crippen molar-refractivity contribution in [1.82, 2.24) is 5.32 Å². The van der Waals surface area contributed by atoms with E-state index >= 15 is 0 Å². The van der Waals surface area contributed by atoms with Crippen LogP contribution in [-0.4, -0.2) is 64.4 Å². The van der Waals surface area contributed by atoms with Gasteiger partial charge in [0.15, 0.2) is 23.0 Å². The van der Waals surface area contributed by atoms with Crippen LogP contribution in [-0.2, 0) is 33.8 Å². The normalized spacial score (nSPS) is 22.4. The summed E-state index contributed by atoms with van der Waals surface area (Å²) in [7, 11) is 1.55. The summed E-state index contributed by atoms with van der Waals surface area (Å²) in [6.07, 6.45) is 0.182. The first-order chi connectivity index (χ1) is 21.6. The fourth-order valence-corrected chi connectivity index (χ4v) is 6.98. The van der Waals surface area contributed by atoms with Gasteiger partial charge in [-0.05, 0) is 78.6 Å². The van der Waals surface area contributed by atoms with Gasteiger partial charge in [-0.1, -0.05) is 42.5 Å². The van der Waals surface area contributed by atoms with Crippen LogP contribution in [0, 0.1) is 17.8 Å². The molecule has 0 spiro atoms. The van der Waals surface area contributed by atoms with Gasteiger partial charge >= 0.3 is 0 Å².